The Labute approximate surface area is 322 Å². The van der Waals surface area contributed by atoms with Crippen molar-refractivity contribution >= 4 is 34.9 Å². The van der Waals surface area contributed by atoms with Crippen LogP contribution in [0.2, 0.25) is 0 Å². The molecule has 0 aliphatic rings. The van der Waals surface area contributed by atoms with E-state index in [1.54, 1.807) is 38.4 Å². The molecule has 6 aromatic heterocycles. The van der Waals surface area contributed by atoms with Crippen molar-refractivity contribution in [3.63, 3.8) is 0 Å². The molecule has 6 heterocycles. The summed E-state index contributed by atoms with van der Waals surface area (Å²) in [6, 6.07) is 6.11. The van der Waals surface area contributed by atoms with Crippen LogP contribution < -0.4 is 20.1 Å². The zero-order valence-corrected chi connectivity index (χ0v) is 31.5. The number of aromatic nitrogens is 8. The number of aromatic amines is 1. The monoisotopic (exact) mass is 776 g/mol. The fraction of sp³-hybridized carbons (Fsp3) is 0.368. The highest BCUT2D eigenvalue weighted by Crippen LogP contribution is 2.25. The molecule has 16 nitrogen and oxygen atoms in total. The zero-order valence-electron chi connectivity index (χ0n) is 31.5. The summed E-state index contributed by atoms with van der Waals surface area (Å²) in [6.45, 7) is 12.3. The van der Waals surface area contributed by atoms with Crippen LogP contribution in [-0.4, -0.2) is 83.5 Å². The van der Waals surface area contributed by atoms with Crippen LogP contribution in [-0.2, 0) is 22.6 Å². The minimum absolute atomic E-state index is 0. The van der Waals surface area contributed by atoms with Crippen LogP contribution >= 0.6 is 0 Å². The van der Waals surface area contributed by atoms with Gasteiger partial charge in [0.1, 0.15) is 34.4 Å². The molecule has 0 aromatic carbocycles. The molecule has 0 radical (unpaired) electrons. The van der Waals surface area contributed by atoms with Crippen LogP contribution in [0.25, 0.3) is 11.3 Å². The number of hydrogen-bond donors (Lipinski definition) is 1. The van der Waals surface area contributed by atoms with Crippen LogP contribution in [0, 0.1) is 11.6 Å². The van der Waals surface area contributed by atoms with Crippen LogP contribution in [0.15, 0.2) is 66.2 Å². The van der Waals surface area contributed by atoms with E-state index in [1.165, 1.54) is 40.7 Å². The number of carbonyl (C=O) groups excluding carboxylic acids is 2. The smallest absolute Gasteiger partial charge is 0.343 e. The van der Waals surface area contributed by atoms with Gasteiger partial charge >= 0.3 is 11.9 Å². The van der Waals surface area contributed by atoms with E-state index in [1.807, 2.05) is 37.5 Å². The third-order valence-electron chi connectivity index (χ3n) is 8.25. The molecular formula is C38H46F2N10O6. The number of ether oxygens (including phenoxy) is 3. The van der Waals surface area contributed by atoms with Crippen molar-refractivity contribution < 1.29 is 32.6 Å². The standard InChI is InChI=1S/C19H22FN5O3.C18H20FN5O3.CH4/c1-5-28-19(26)15-10-22-25-7-6-16(23-17(15)25)24(12(2)3)11-13-8-14(20)9-21-18(13)27-4;1-4-27-18(26)14-9-21-24-6-5-15(22-16(14)24)23(11(2)3)10-12-7-13(19)8-20-17(12)25;/h6-10,12H,5,11H2,1-4H3;5-9,11H,4,10H2,1-3H3,(H,20,25);1H4. The first-order valence-electron chi connectivity index (χ1n) is 17.5. The van der Waals surface area contributed by atoms with Crippen molar-refractivity contribution in [3.8, 4) is 5.88 Å². The van der Waals surface area contributed by atoms with E-state index in [-0.39, 0.29) is 61.5 Å². The number of rotatable bonds is 13. The molecular weight excluding hydrogens is 730 g/mol. The van der Waals surface area contributed by atoms with Crippen molar-refractivity contribution in [2.24, 2.45) is 0 Å². The fourth-order valence-corrected chi connectivity index (χ4v) is 5.55. The van der Waals surface area contributed by atoms with Crippen LogP contribution in [0.3, 0.4) is 0 Å². The van der Waals surface area contributed by atoms with Crippen LogP contribution in [0.1, 0.15) is 80.8 Å². The first kappa shape index (κ1) is 42.3. The summed E-state index contributed by atoms with van der Waals surface area (Å²) in [4.78, 5) is 55.5. The summed E-state index contributed by atoms with van der Waals surface area (Å²) < 4.78 is 45.6. The number of carbonyl (C=O) groups is 2. The molecule has 6 rings (SSSR count). The highest BCUT2D eigenvalue weighted by Gasteiger charge is 2.22. The van der Waals surface area contributed by atoms with Gasteiger partial charge in [-0.15, -0.1) is 0 Å². The minimum Gasteiger partial charge on any atom is -0.481 e. The summed E-state index contributed by atoms with van der Waals surface area (Å²) in [5.41, 5.74) is 1.81. The predicted octanol–water partition coefficient (Wildman–Crippen LogP) is 5.65. The molecule has 0 amide bonds. The minimum atomic E-state index is -0.517. The Balaban J connectivity index is 0.000000244. The average molecular weight is 777 g/mol. The van der Waals surface area contributed by atoms with E-state index in [4.69, 9.17) is 14.2 Å². The number of fused-ring (bicyclic) bond motifs is 2. The zero-order chi connectivity index (χ0) is 39.8. The summed E-state index contributed by atoms with van der Waals surface area (Å²) >= 11 is 0. The van der Waals surface area contributed by atoms with E-state index in [0.717, 1.165) is 12.4 Å². The van der Waals surface area contributed by atoms with Gasteiger partial charge < -0.3 is 29.0 Å². The maximum Gasteiger partial charge on any atom is 0.343 e. The summed E-state index contributed by atoms with van der Waals surface area (Å²) in [7, 11) is 1.49. The number of nitrogens with one attached hydrogen (secondary N) is 1. The topological polar surface area (TPSA) is 174 Å². The lowest BCUT2D eigenvalue weighted by molar-refractivity contribution is 0.0518. The number of halogens is 2. The molecule has 298 valence electrons. The van der Waals surface area contributed by atoms with Gasteiger partial charge in [-0.3, -0.25) is 4.79 Å². The molecule has 0 atom stereocenters. The predicted molar refractivity (Wildman–Crippen MR) is 205 cm³/mol. The van der Waals surface area contributed by atoms with Crippen molar-refractivity contribution in [3.05, 3.63) is 106 Å². The van der Waals surface area contributed by atoms with E-state index in [9.17, 15) is 23.2 Å². The van der Waals surface area contributed by atoms with E-state index < -0.39 is 23.6 Å². The van der Waals surface area contributed by atoms with E-state index >= 15 is 0 Å². The van der Waals surface area contributed by atoms with Gasteiger partial charge in [0.15, 0.2) is 11.3 Å². The van der Waals surface area contributed by atoms with Gasteiger partial charge in [-0.2, -0.15) is 10.2 Å². The van der Waals surface area contributed by atoms with Gasteiger partial charge in [0.2, 0.25) is 5.88 Å². The molecule has 0 fully saturated rings. The molecule has 0 saturated carbocycles. The van der Waals surface area contributed by atoms with Gasteiger partial charge in [0.05, 0.1) is 52.0 Å². The molecule has 0 spiro atoms. The molecule has 0 unspecified atom stereocenters. The highest BCUT2D eigenvalue weighted by atomic mass is 19.1. The summed E-state index contributed by atoms with van der Waals surface area (Å²) in [5.74, 6) is -0.443. The van der Waals surface area contributed by atoms with Crippen molar-refractivity contribution in [1.29, 1.82) is 0 Å². The lowest BCUT2D eigenvalue weighted by atomic mass is 10.2. The molecule has 0 bridgehead atoms. The van der Waals surface area contributed by atoms with Crippen molar-refractivity contribution in [2.45, 2.75) is 74.1 Å². The Kier molecular flexibility index (Phi) is 14.1. The largest absolute Gasteiger partial charge is 0.481 e. The quantitative estimate of drug-likeness (QED) is 0.143. The Hall–Kier alpha value is -6.46. The molecule has 0 saturated heterocycles. The molecule has 56 heavy (non-hydrogen) atoms. The number of methoxy groups -OCH3 is 1. The lowest BCUT2D eigenvalue weighted by Gasteiger charge is -2.28. The van der Waals surface area contributed by atoms with Gasteiger partial charge in [0.25, 0.3) is 5.56 Å². The maximum absolute atomic E-state index is 13.7. The third kappa shape index (κ3) is 9.60. The van der Waals surface area contributed by atoms with Gasteiger partial charge in [-0.25, -0.2) is 42.4 Å². The Bertz CT molecular complexity index is 2340. The molecule has 0 aliphatic heterocycles. The number of hydrogen-bond acceptors (Lipinski definition) is 13. The number of anilines is 2. The second-order valence-corrected chi connectivity index (χ2v) is 12.6. The average Bonchev–Trinajstić information content (AvgIpc) is 3.78. The first-order chi connectivity index (χ1) is 26.3. The SMILES string of the molecule is C.CCOC(=O)c1cnn2ccc(N(Cc3cc(F)c[nH]c3=O)C(C)C)nc12.CCOC(=O)c1cnn2ccc(N(Cc3cc(F)cnc3OC)C(C)C)nc12. The summed E-state index contributed by atoms with van der Waals surface area (Å²) in [6.07, 6.45) is 8.37. The van der Waals surface area contributed by atoms with Gasteiger partial charge in [0, 0.05) is 41.8 Å². The number of H-pyrrole nitrogens is 1. The van der Waals surface area contributed by atoms with Gasteiger partial charge in [-0.05, 0) is 65.8 Å². The normalized spacial score (nSPS) is 10.9. The number of esters is 2. The van der Waals surface area contributed by atoms with Crippen LogP contribution in [0.4, 0.5) is 20.4 Å². The second-order valence-electron chi connectivity index (χ2n) is 12.6. The molecule has 1 N–H and O–H groups in total. The molecule has 6 aromatic rings. The number of nitrogens with zero attached hydrogens (tertiary/aromatic N) is 9. The Morgan fingerprint density at radius 2 is 1.27 bits per heavy atom. The van der Waals surface area contributed by atoms with E-state index in [2.05, 4.69) is 30.1 Å². The molecule has 18 heteroatoms. The van der Waals surface area contributed by atoms with Crippen molar-refractivity contribution in [1.82, 2.24) is 39.2 Å². The van der Waals surface area contributed by atoms with Gasteiger partial charge in [-0.1, -0.05) is 7.43 Å². The van der Waals surface area contributed by atoms with E-state index in [0.29, 0.717) is 40.9 Å². The second kappa shape index (κ2) is 18.7. The maximum atomic E-state index is 13.7. The number of pyridine rings is 2. The van der Waals surface area contributed by atoms with Crippen molar-refractivity contribution in [2.75, 3.05) is 30.1 Å². The first-order valence-corrected chi connectivity index (χ1v) is 17.5. The molecule has 0 aliphatic carbocycles. The lowest BCUT2D eigenvalue weighted by Crippen LogP contribution is -2.33. The fourth-order valence-electron chi connectivity index (χ4n) is 5.55. The third-order valence-corrected chi connectivity index (χ3v) is 8.25. The van der Waals surface area contributed by atoms with Crippen LogP contribution in [0.5, 0.6) is 5.88 Å². The Morgan fingerprint density at radius 3 is 1.73 bits per heavy atom. The summed E-state index contributed by atoms with van der Waals surface area (Å²) in [5, 5.41) is 8.25. The highest BCUT2D eigenvalue weighted by molar-refractivity contribution is 5.96. The Morgan fingerprint density at radius 1 is 0.786 bits per heavy atom.